The molecule has 1 heterocycles. The molecule has 0 fully saturated rings. The highest BCUT2D eigenvalue weighted by Crippen LogP contribution is 2.34. The fourth-order valence-corrected chi connectivity index (χ4v) is 4.47. The van der Waals surface area contributed by atoms with Crippen molar-refractivity contribution in [1.29, 1.82) is 0 Å². The summed E-state index contributed by atoms with van der Waals surface area (Å²) in [4.78, 5) is 17.5. The molecule has 156 valence electrons. The normalized spacial score (nSPS) is 10.7. The summed E-state index contributed by atoms with van der Waals surface area (Å²) in [6, 6.07) is 21.2. The van der Waals surface area contributed by atoms with E-state index in [1.165, 1.54) is 7.11 Å². The molecule has 4 aromatic rings. The van der Waals surface area contributed by atoms with Gasteiger partial charge in [0.25, 0.3) is 5.91 Å². The van der Waals surface area contributed by atoms with E-state index in [-0.39, 0.29) is 22.2 Å². The lowest BCUT2D eigenvalue weighted by Crippen LogP contribution is -2.23. The number of thiazole rings is 1. The molecule has 1 aromatic heterocycles. The van der Waals surface area contributed by atoms with Crippen LogP contribution < -0.4 is 10.1 Å². The molecular weight excluding hydrogens is 451 g/mol. The molecule has 0 saturated carbocycles. The molecule has 4 nitrogen and oxygen atoms in total. The van der Waals surface area contributed by atoms with E-state index in [2.05, 4.69) is 5.32 Å². The Hall–Kier alpha value is -2.86. The van der Waals surface area contributed by atoms with Gasteiger partial charge in [0.1, 0.15) is 10.6 Å². The van der Waals surface area contributed by atoms with E-state index in [9.17, 15) is 4.79 Å². The SMILES string of the molecule is COc1c(Cl)ccc(Cl)c1C(=O)NCc1cccc(-c2nc(-c3ccccc3)cs2)c1. The average molecular weight is 469 g/mol. The monoisotopic (exact) mass is 468 g/mol. The van der Waals surface area contributed by atoms with Crippen LogP contribution in [0.3, 0.4) is 0 Å². The van der Waals surface area contributed by atoms with E-state index in [0.717, 1.165) is 27.4 Å². The Balaban J connectivity index is 1.51. The molecule has 1 N–H and O–H groups in total. The van der Waals surface area contributed by atoms with Gasteiger partial charge >= 0.3 is 0 Å². The fraction of sp³-hybridized carbons (Fsp3) is 0.0833. The number of hydrogen-bond donors (Lipinski definition) is 1. The van der Waals surface area contributed by atoms with Gasteiger partial charge < -0.3 is 10.1 Å². The van der Waals surface area contributed by atoms with E-state index in [1.807, 2.05) is 60.0 Å². The zero-order chi connectivity index (χ0) is 21.8. The summed E-state index contributed by atoms with van der Waals surface area (Å²) in [6.07, 6.45) is 0. The van der Waals surface area contributed by atoms with Gasteiger partial charge in [0.2, 0.25) is 0 Å². The van der Waals surface area contributed by atoms with E-state index in [0.29, 0.717) is 11.6 Å². The number of hydrogen-bond acceptors (Lipinski definition) is 4. The van der Waals surface area contributed by atoms with Crippen LogP contribution in [0, 0.1) is 0 Å². The summed E-state index contributed by atoms with van der Waals surface area (Å²) < 4.78 is 5.26. The summed E-state index contributed by atoms with van der Waals surface area (Å²) in [6.45, 7) is 0.329. The minimum Gasteiger partial charge on any atom is -0.494 e. The highest BCUT2D eigenvalue weighted by Gasteiger charge is 2.19. The van der Waals surface area contributed by atoms with Gasteiger partial charge in [-0.2, -0.15) is 0 Å². The number of rotatable bonds is 6. The molecule has 31 heavy (non-hydrogen) atoms. The van der Waals surface area contributed by atoms with Gasteiger partial charge in [-0.1, -0.05) is 71.7 Å². The summed E-state index contributed by atoms with van der Waals surface area (Å²) in [5.74, 6) is -0.0907. The zero-order valence-electron chi connectivity index (χ0n) is 16.6. The van der Waals surface area contributed by atoms with Crippen molar-refractivity contribution in [3.63, 3.8) is 0 Å². The molecule has 0 aliphatic carbocycles. The second-order valence-corrected chi connectivity index (χ2v) is 8.40. The first kappa shape index (κ1) is 21.4. The predicted molar refractivity (Wildman–Crippen MR) is 127 cm³/mol. The van der Waals surface area contributed by atoms with E-state index in [1.54, 1.807) is 23.5 Å². The van der Waals surface area contributed by atoms with Crippen molar-refractivity contribution < 1.29 is 9.53 Å². The topological polar surface area (TPSA) is 51.2 Å². The van der Waals surface area contributed by atoms with E-state index >= 15 is 0 Å². The molecule has 0 bridgehead atoms. The van der Waals surface area contributed by atoms with Crippen LogP contribution in [0.1, 0.15) is 15.9 Å². The Labute approximate surface area is 194 Å². The van der Waals surface area contributed by atoms with Gasteiger partial charge in [-0.05, 0) is 23.8 Å². The first-order valence-electron chi connectivity index (χ1n) is 9.47. The lowest BCUT2D eigenvalue weighted by molar-refractivity contribution is 0.0948. The smallest absolute Gasteiger partial charge is 0.256 e. The first-order valence-corrected chi connectivity index (χ1v) is 11.1. The lowest BCUT2D eigenvalue weighted by Gasteiger charge is -2.12. The zero-order valence-corrected chi connectivity index (χ0v) is 18.9. The van der Waals surface area contributed by atoms with Crippen molar-refractivity contribution in [3.8, 4) is 27.6 Å². The number of halogens is 2. The average Bonchev–Trinajstić information content (AvgIpc) is 3.30. The molecule has 0 radical (unpaired) electrons. The predicted octanol–water partition coefficient (Wildman–Crippen LogP) is 6.72. The van der Waals surface area contributed by atoms with E-state index in [4.69, 9.17) is 32.9 Å². The molecule has 0 aliphatic heterocycles. The maximum absolute atomic E-state index is 12.7. The van der Waals surface area contributed by atoms with Gasteiger partial charge in [-0.25, -0.2) is 4.98 Å². The third kappa shape index (κ3) is 4.74. The summed E-state index contributed by atoms with van der Waals surface area (Å²) in [5.41, 5.74) is 4.19. The number of carbonyl (C=O) groups is 1. The Kier molecular flexibility index (Phi) is 6.56. The summed E-state index contributed by atoms with van der Waals surface area (Å²) in [5, 5.41) is 6.47. The standard InChI is InChI=1S/C24H18Cl2N2O2S/c1-30-22-19(26)11-10-18(25)21(22)23(29)27-13-15-6-5-9-17(12-15)24-28-20(14-31-24)16-7-3-2-4-8-16/h2-12,14H,13H2,1H3,(H,27,29). The van der Waals surface area contributed by atoms with Crippen molar-refractivity contribution in [2.45, 2.75) is 6.54 Å². The van der Waals surface area contributed by atoms with Crippen molar-refractivity contribution in [1.82, 2.24) is 10.3 Å². The molecule has 1 amide bonds. The molecule has 0 aliphatic rings. The van der Waals surface area contributed by atoms with Crippen molar-refractivity contribution in [3.05, 3.63) is 93.3 Å². The molecule has 4 rings (SSSR count). The number of benzene rings is 3. The molecule has 0 unspecified atom stereocenters. The van der Waals surface area contributed by atoms with Crippen LogP contribution in [0.4, 0.5) is 0 Å². The van der Waals surface area contributed by atoms with Crippen molar-refractivity contribution >= 4 is 40.4 Å². The minimum absolute atomic E-state index is 0.222. The highest BCUT2D eigenvalue weighted by molar-refractivity contribution is 7.13. The quantitative estimate of drug-likeness (QED) is 0.341. The molecule has 0 spiro atoms. The number of nitrogens with zero attached hydrogens (tertiary/aromatic N) is 1. The molecule has 7 heteroatoms. The van der Waals surface area contributed by atoms with Gasteiger partial charge in [0.05, 0.1) is 22.8 Å². The van der Waals surface area contributed by atoms with Crippen LogP contribution in [0.25, 0.3) is 21.8 Å². The summed E-state index contributed by atoms with van der Waals surface area (Å²) in [7, 11) is 1.45. The Morgan fingerprint density at radius 3 is 2.52 bits per heavy atom. The van der Waals surface area contributed by atoms with Crippen LogP contribution in [0.2, 0.25) is 10.0 Å². The Morgan fingerprint density at radius 2 is 1.74 bits per heavy atom. The van der Waals surface area contributed by atoms with Crippen LogP contribution >= 0.6 is 34.5 Å². The largest absolute Gasteiger partial charge is 0.494 e. The van der Waals surface area contributed by atoms with Gasteiger partial charge in [0, 0.05) is 23.1 Å². The number of nitrogens with one attached hydrogen (secondary N) is 1. The maximum Gasteiger partial charge on any atom is 0.256 e. The van der Waals surface area contributed by atoms with Gasteiger partial charge in [-0.3, -0.25) is 4.79 Å². The molecule has 3 aromatic carbocycles. The third-order valence-corrected chi connectivity index (χ3v) is 6.19. The number of ether oxygens (including phenoxy) is 1. The van der Waals surface area contributed by atoms with Crippen LogP contribution in [-0.2, 0) is 6.54 Å². The van der Waals surface area contributed by atoms with Crippen LogP contribution in [0.15, 0.2) is 72.1 Å². The summed E-state index contributed by atoms with van der Waals surface area (Å²) >= 11 is 13.9. The van der Waals surface area contributed by atoms with Crippen LogP contribution in [-0.4, -0.2) is 18.0 Å². The second-order valence-electron chi connectivity index (χ2n) is 6.72. The Bertz CT molecular complexity index is 1230. The fourth-order valence-electron chi connectivity index (χ4n) is 3.18. The maximum atomic E-state index is 12.7. The molecule has 0 saturated heterocycles. The third-order valence-electron chi connectivity index (χ3n) is 4.69. The second kappa shape index (κ2) is 9.52. The minimum atomic E-state index is -0.352. The lowest BCUT2D eigenvalue weighted by atomic mass is 10.1. The number of amides is 1. The Morgan fingerprint density at radius 1 is 1.00 bits per heavy atom. The van der Waals surface area contributed by atoms with Gasteiger partial charge in [0.15, 0.2) is 5.75 Å². The first-order chi connectivity index (χ1) is 15.1. The van der Waals surface area contributed by atoms with Crippen LogP contribution in [0.5, 0.6) is 5.75 Å². The molecular formula is C24H18Cl2N2O2S. The number of carbonyl (C=O) groups excluding carboxylic acids is 1. The highest BCUT2D eigenvalue weighted by atomic mass is 35.5. The van der Waals surface area contributed by atoms with Gasteiger partial charge in [-0.15, -0.1) is 11.3 Å². The van der Waals surface area contributed by atoms with E-state index < -0.39 is 0 Å². The van der Waals surface area contributed by atoms with Crippen molar-refractivity contribution in [2.24, 2.45) is 0 Å². The van der Waals surface area contributed by atoms with Crippen molar-refractivity contribution in [2.75, 3.05) is 7.11 Å². The number of methoxy groups -OCH3 is 1. The number of aromatic nitrogens is 1. The molecule has 0 atom stereocenters.